The molecule has 0 spiro atoms. The van der Waals surface area contributed by atoms with Crippen molar-refractivity contribution < 1.29 is 5.11 Å². The number of H-pyrrole nitrogens is 1. The van der Waals surface area contributed by atoms with Gasteiger partial charge in [-0.15, -0.1) is 0 Å². The van der Waals surface area contributed by atoms with Crippen LogP contribution in [0.15, 0.2) is 0 Å². The molecular weight excluding hydrogens is 156 g/mol. The summed E-state index contributed by atoms with van der Waals surface area (Å²) in [5.41, 5.74) is 5.53. The number of aromatic amines is 1. The molecule has 0 radical (unpaired) electrons. The van der Waals surface area contributed by atoms with Gasteiger partial charge >= 0.3 is 0 Å². The first-order valence-electron chi connectivity index (χ1n) is 4.10. The van der Waals surface area contributed by atoms with Gasteiger partial charge in [-0.05, 0) is 12.8 Å². The van der Waals surface area contributed by atoms with Gasteiger partial charge in [0.25, 0.3) is 0 Å². The molecule has 0 bridgehead atoms. The molecule has 4 N–H and O–H groups in total. The van der Waals surface area contributed by atoms with Crippen LogP contribution >= 0.6 is 0 Å². The normalized spacial score (nSPS) is 19.5. The first-order valence-corrected chi connectivity index (χ1v) is 4.10. The molecule has 1 aromatic heterocycles. The van der Waals surface area contributed by atoms with E-state index < -0.39 is 6.04 Å². The van der Waals surface area contributed by atoms with E-state index in [1.165, 1.54) is 12.8 Å². The lowest BCUT2D eigenvalue weighted by atomic mass is 10.3. The molecule has 0 aromatic carbocycles. The largest absolute Gasteiger partial charge is 0.394 e. The second kappa shape index (κ2) is 2.84. The zero-order valence-electron chi connectivity index (χ0n) is 6.70. The number of aliphatic hydroxyl groups is 1. The van der Waals surface area contributed by atoms with Crippen molar-refractivity contribution in [3.05, 3.63) is 11.6 Å². The van der Waals surface area contributed by atoms with E-state index in [0.29, 0.717) is 11.7 Å². The van der Waals surface area contributed by atoms with Gasteiger partial charge in [-0.2, -0.15) is 5.10 Å². The van der Waals surface area contributed by atoms with E-state index in [1.54, 1.807) is 0 Å². The zero-order chi connectivity index (χ0) is 8.55. The van der Waals surface area contributed by atoms with Crippen LogP contribution in [0.25, 0.3) is 0 Å². The summed E-state index contributed by atoms with van der Waals surface area (Å²) >= 11 is 0. The molecule has 1 atom stereocenters. The Kier molecular flexibility index (Phi) is 1.82. The minimum atomic E-state index is -0.450. The maximum atomic E-state index is 8.73. The topological polar surface area (TPSA) is 87.8 Å². The molecule has 5 nitrogen and oxygen atoms in total. The van der Waals surface area contributed by atoms with Crippen LogP contribution in [0.1, 0.15) is 36.5 Å². The van der Waals surface area contributed by atoms with Gasteiger partial charge in [0, 0.05) is 5.92 Å². The molecule has 66 valence electrons. The van der Waals surface area contributed by atoms with Crippen LogP contribution in [0.2, 0.25) is 0 Å². The fourth-order valence-electron chi connectivity index (χ4n) is 1.07. The Morgan fingerprint density at radius 2 is 2.42 bits per heavy atom. The summed E-state index contributed by atoms with van der Waals surface area (Å²) in [6, 6.07) is -0.450. The maximum absolute atomic E-state index is 8.73. The predicted molar refractivity (Wildman–Crippen MR) is 42.4 cm³/mol. The quantitative estimate of drug-likeness (QED) is 0.577. The average Bonchev–Trinajstić information content (AvgIpc) is 2.83. The van der Waals surface area contributed by atoms with E-state index in [4.69, 9.17) is 10.8 Å². The van der Waals surface area contributed by atoms with Gasteiger partial charge < -0.3 is 10.8 Å². The summed E-state index contributed by atoms with van der Waals surface area (Å²) < 4.78 is 0. The minimum absolute atomic E-state index is 0.109. The molecular formula is C7H12N4O. The highest BCUT2D eigenvalue weighted by Gasteiger charge is 2.27. The van der Waals surface area contributed by atoms with Crippen LogP contribution in [0.4, 0.5) is 0 Å². The van der Waals surface area contributed by atoms with Crippen molar-refractivity contribution in [2.24, 2.45) is 5.73 Å². The Bertz CT molecular complexity index is 268. The van der Waals surface area contributed by atoms with Gasteiger partial charge in [0.15, 0.2) is 5.82 Å². The van der Waals surface area contributed by atoms with Crippen molar-refractivity contribution in [2.75, 3.05) is 6.61 Å². The van der Waals surface area contributed by atoms with Crippen LogP contribution in [0.3, 0.4) is 0 Å². The third kappa shape index (κ3) is 1.33. The van der Waals surface area contributed by atoms with E-state index >= 15 is 0 Å². The molecule has 1 fully saturated rings. The lowest BCUT2D eigenvalue weighted by Gasteiger charge is -1.99. The van der Waals surface area contributed by atoms with Gasteiger partial charge in [0.1, 0.15) is 5.82 Å². The number of aliphatic hydroxyl groups excluding tert-OH is 1. The Balaban J connectivity index is 2.12. The minimum Gasteiger partial charge on any atom is -0.394 e. The molecule has 5 heteroatoms. The molecule has 1 aliphatic carbocycles. The summed E-state index contributed by atoms with van der Waals surface area (Å²) in [6.45, 7) is -0.109. The Morgan fingerprint density at radius 3 is 3.00 bits per heavy atom. The molecule has 0 saturated heterocycles. The third-order valence-corrected chi connectivity index (χ3v) is 2.01. The number of aromatic nitrogens is 3. The summed E-state index contributed by atoms with van der Waals surface area (Å²) in [5, 5.41) is 15.5. The number of nitrogens with zero attached hydrogens (tertiary/aromatic N) is 2. The molecule has 1 aromatic rings. The first kappa shape index (κ1) is 7.70. The van der Waals surface area contributed by atoms with Gasteiger partial charge in [-0.25, -0.2) is 4.98 Å². The number of nitrogens with one attached hydrogen (secondary N) is 1. The summed E-state index contributed by atoms with van der Waals surface area (Å²) in [5.74, 6) is 1.98. The van der Waals surface area contributed by atoms with Crippen molar-refractivity contribution in [1.29, 1.82) is 0 Å². The van der Waals surface area contributed by atoms with E-state index in [0.717, 1.165) is 5.82 Å². The highest BCUT2D eigenvalue weighted by molar-refractivity contribution is 5.06. The fourth-order valence-corrected chi connectivity index (χ4v) is 1.07. The van der Waals surface area contributed by atoms with Gasteiger partial charge in [0.2, 0.25) is 0 Å². The summed E-state index contributed by atoms with van der Waals surface area (Å²) in [4.78, 5) is 4.19. The lowest BCUT2D eigenvalue weighted by molar-refractivity contribution is 0.263. The van der Waals surface area contributed by atoms with Gasteiger partial charge in [-0.1, -0.05) is 0 Å². The molecule has 0 amide bonds. The molecule has 1 saturated carbocycles. The first-order chi connectivity index (χ1) is 5.81. The number of rotatable bonds is 3. The smallest absolute Gasteiger partial charge is 0.169 e. The van der Waals surface area contributed by atoms with E-state index in [9.17, 15) is 0 Å². The SMILES string of the molecule is N[C@@H](CO)c1n[nH]c(C2CC2)n1. The second-order valence-corrected chi connectivity index (χ2v) is 3.14. The van der Waals surface area contributed by atoms with Gasteiger partial charge in [0.05, 0.1) is 12.6 Å². The van der Waals surface area contributed by atoms with Crippen LogP contribution in [0.5, 0.6) is 0 Å². The van der Waals surface area contributed by atoms with Crippen molar-refractivity contribution in [3.8, 4) is 0 Å². The maximum Gasteiger partial charge on any atom is 0.169 e. The number of hydrogen-bond donors (Lipinski definition) is 3. The number of nitrogens with two attached hydrogens (primary N) is 1. The monoisotopic (exact) mass is 168 g/mol. The molecule has 0 aliphatic heterocycles. The van der Waals surface area contributed by atoms with Crippen molar-refractivity contribution in [3.63, 3.8) is 0 Å². The van der Waals surface area contributed by atoms with E-state index in [2.05, 4.69) is 15.2 Å². The summed E-state index contributed by atoms with van der Waals surface area (Å²) in [7, 11) is 0. The van der Waals surface area contributed by atoms with Crippen molar-refractivity contribution >= 4 is 0 Å². The molecule has 1 aliphatic rings. The van der Waals surface area contributed by atoms with Crippen LogP contribution in [0, 0.1) is 0 Å². The van der Waals surface area contributed by atoms with Gasteiger partial charge in [-0.3, -0.25) is 5.10 Å². The highest BCUT2D eigenvalue weighted by atomic mass is 16.3. The van der Waals surface area contributed by atoms with E-state index in [-0.39, 0.29) is 6.61 Å². The predicted octanol–water partition coefficient (Wildman–Crippen LogP) is -0.326. The highest BCUT2D eigenvalue weighted by Crippen LogP contribution is 2.37. The molecule has 2 rings (SSSR count). The second-order valence-electron chi connectivity index (χ2n) is 3.14. The zero-order valence-corrected chi connectivity index (χ0v) is 6.70. The van der Waals surface area contributed by atoms with Crippen LogP contribution < -0.4 is 5.73 Å². The Morgan fingerprint density at radius 1 is 1.67 bits per heavy atom. The Hall–Kier alpha value is -0.940. The lowest BCUT2D eigenvalue weighted by Crippen LogP contribution is -2.16. The average molecular weight is 168 g/mol. The van der Waals surface area contributed by atoms with Crippen LogP contribution in [-0.2, 0) is 0 Å². The van der Waals surface area contributed by atoms with E-state index in [1.807, 2.05) is 0 Å². The summed E-state index contributed by atoms with van der Waals surface area (Å²) in [6.07, 6.45) is 2.37. The molecule has 1 heterocycles. The van der Waals surface area contributed by atoms with Crippen molar-refractivity contribution in [2.45, 2.75) is 24.8 Å². The molecule has 12 heavy (non-hydrogen) atoms. The standard InChI is InChI=1S/C7H12N4O/c8-5(3-12)7-9-6(10-11-7)4-1-2-4/h4-5,12H,1-3,8H2,(H,9,10,11)/t5-/m0/s1. The van der Waals surface area contributed by atoms with Crippen molar-refractivity contribution in [1.82, 2.24) is 15.2 Å². The van der Waals surface area contributed by atoms with Crippen LogP contribution in [-0.4, -0.2) is 26.9 Å². The number of hydrogen-bond acceptors (Lipinski definition) is 4. The fraction of sp³-hybridized carbons (Fsp3) is 0.714. The Labute approximate surface area is 70.0 Å². The third-order valence-electron chi connectivity index (χ3n) is 2.01. The molecule has 0 unspecified atom stereocenters.